The van der Waals surface area contributed by atoms with E-state index in [0.29, 0.717) is 11.4 Å². The van der Waals surface area contributed by atoms with Crippen molar-refractivity contribution in [2.75, 3.05) is 22.1 Å². The summed E-state index contributed by atoms with van der Waals surface area (Å²) < 4.78 is 0. The highest BCUT2D eigenvalue weighted by molar-refractivity contribution is 6.02. The van der Waals surface area contributed by atoms with Crippen LogP contribution < -0.4 is 15.5 Å². The third-order valence-corrected chi connectivity index (χ3v) is 4.50. The van der Waals surface area contributed by atoms with Gasteiger partial charge in [-0.3, -0.25) is 9.59 Å². The molecule has 1 aliphatic rings. The zero-order valence-electron chi connectivity index (χ0n) is 15.3. The van der Waals surface area contributed by atoms with E-state index in [1.807, 2.05) is 12.1 Å². The Morgan fingerprint density at radius 3 is 2.32 bits per heavy atom. The lowest BCUT2D eigenvalue weighted by molar-refractivity contribution is -0.114. The molecule has 0 saturated carbocycles. The molecule has 0 atom stereocenters. The van der Waals surface area contributed by atoms with Gasteiger partial charge in [-0.1, -0.05) is 18.2 Å². The van der Waals surface area contributed by atoms with Crippen LogP contribution in [-0.4, -0.2) is 28.3 Å². The predicted octanol–water partition coefficient (Wildman–Crippen LogP) is 3.38. The summed E-state index contributed by atoms with van der Waals surface area (Å²) in [4.78, 5) is 34.3. The van der Waals surface area contributed by atoms with Gasteiger partial charge in [-0.15, -0.1) is 0 Å². The molecule has 0 radical (unpaired) electrons. The monoisotopic (exact) mass is 373 g/mol. The number of hydrogen-bond acceptors (Lipinski definition) is 5. The van der Waals surface area contributed by atoms with Gasteiger partial charge in [0.1, 0.15) is 5.69 Å². The second-order valence-corrected chi connectivity index (χ2v) is 6.50. The molecular formula is C21H19N5O2. The van der Waals surface area contributed by atoms with Crippen LogP contribution in [0.3, 0.4) is 0 Å². The fraction of sp³-hybridized carbons (Fsp3) is 0.143. The van der Waals surface area contributed by atoms with E-state index in [4.69, 9.17) is 0 Å². The smallest absolute Gasteiger partial charge is 0.275 e. The van der Waals surface area contributed by atoms with Gasteiger partial charge in [0.25, 0.3) is 5.91 Å². The van der Waals surface area contributed by atoms with Gasteiger partial charge in [-0.25, -0.2) is 9.97 Å². The average Bonchev–Trinajstić information content (AvgIpc) is 3.13. The van der Waals surface area contributed by atoms with Gasteiger partial charge in [0, 0.05) is 30.5 Å². The average molecular weight is 373 g/mol. The minimum absolute atomic E-state index is 0.146. The number of fused-ring (bicyclic) bond motifs is 1. The minimum atomic E-state index is -0.340. The van der Waals surface area contributed by atoms with Crippen LogP contribution in [0.4, 0.5) is 22.9 Å². The molecule has 7 nitrogen and oxygen atoms in total. The number of benzene rings is 2. The highest BCUT2D eigenvalue weighted by atomic mass is 16.2. The molecule has 0 saturated heterocycles. The summed E-state index contributed by atoms with van der Waals surface area (Å²) in [6.07, 6.45) is 4.07. The zero-order valence-corrected chi connectivity index (χ0v) is 15.3. The molecular weight excluding hydrogens is 354 g/mol. The number of nitrogens with zero attached hydrogens (tertiary/aromatic N) is 3. The lowest BCUT2D eigenvalue weighted by Crippen LogP contribution is -2.18. The summed E-state index contributed by atoms with van der Waals surface area (Å²) in [5, 5.41) is 5.45. The summed E-state index contributed by atoms with van der Waals surface area (Å²) in [6, 6.07) is 15.1. The van der Waals surface area contributed by atoms with Gasteiger partial charge < -0.3 is 15.5 Å². The number of carbonyl (C=O) groups is 2. The molecule has 0 unspecified atom stereocenters. The highest BCUT2D eigenvalue weighted by Gasteiger charge is 2.21. The van der Waals surface area contributed by atoms with Crippen LogP contribution in [0.25, 0.3) is 0 Å². The number of amides is 2. The summed E-state index contributed by atoms with van der Waals surface area (Å²) in [6.45, 7) is 2.29. The number of para-hydroxylation sites is 1. The van der Waals surface area contributed by atoms with Crippen LogP contribution >= 0.6 is 0 Å². The maximum absolute atomic E-state index is 12.4. The van der Waals surface area contributed by atoms with Crippen molar-refractivity contribution >= 4 is 34.7 Å². The third kappa shape index (κ3) is 3.68. The number of carbonyl (C=O) groups excluding carboxylic acids is 2. The quantitative estimate of drug-likeness (QED) is 0.732. The van der Waals surface area contributed by atoms with Crippen LogP contribution in [0.15, 0.2) is 60.9 Å². The SMILES string of the molecule is CC(=O)Nc1ccc(NC(=O)c2cnc(N3CCc4ccccc43)cn2)cc1. The maximum atomic E-state index is 12.4. The highest BCUT2D eigenvalue weighted by Crippen LogP contribution is 2.32. The first kappa shape index (κ1) is 17.7. The first-order valence-electron chi connectivity index (χ1n) is 8.96. The lowest BCUT2D eigenvalue weighted by atomic mass is 10.2. The second kappa shape index (κ2) is 7.48. The number of aromatic nitrogens is 2. The predicted molar refractivity (Wildman–Crippen MR) is 108 cm³/mol. The first-order valence-corrected chi connectivity index (χ1v) is 8.96. The van der Waals surface area contributed by atoms with E-state index in [-0.39, 0.29) is 17.5 Å². The van der Waals surface area contributed by atoms with Crippen molar-refractivity contribution in [2.45, 2.75) is 13.3 Å². The number of hydrogen-bond donors (Lipinski definition) is 2. The molecule has 0 fully saturated rings. The topological polar surface area (TPSA) is 87.2 Å². The number of rotatable bonds is 4. The van der Waals surface area contributed by atoms with Crippen molar-refractivity contribution in [2.24, 2.45) is 0 Å². The Morgan fingerprint density at radius 2 is 1.64 bits per heavy atom. The molecule has 2 N–H and O–H groups in total. The van der Waals surface area contributed by atoms with Crippen molar-refractivity contribution < 1.29 is 9.59 Å². The fourth-order valence-corrected chi connectivity index (χ4v) is 3.19. The van der Waals surface area contributed by atoms with E-state index in [2.05, 4.69) is 37.6 Å². The fourth-order valence-electron chi connectivity index (χ4n) is 3.19. The Bertz CT molecular complexity index is 1020. The normalized spacial score (nSPS) is 12.4. The molecule has 2 amide bonds. The molecule has 2 aromatic carbocycles. The molecule has 0 bridgehead atoms. The molecule has 2 heterocycles. The first-order chi connectivity index (χ1) is 13.6. The Morgan fingerprint density at radius 1 is 0.929 bits per heavy atom. The van der Waals surface area contributed by atoms with Crippen LogP contribution in [-0.2, 0) is 11.2 Å². The molecule has 140 valence electrons. The molecule has 1 aliphatic heterocycles. The van der Waals surface area contributed by atoms with E-state index in [1.54, 1.807) is 30.5 Å². The van der Waals surface area contributed by atoms with E-state index < -0.39 is 0 Å². The van der Waals surface area contributed by atoms with Gasteiger partial charge >= 0.3 is 0 Å². The van der Waals surface area contributed by atoms with Crippen molar-refractivity contribution in [1.29, 1.82) is 0 Å². The van der Waals surface area contributed by atoms with E-state index in [0.717, 1.165) is 24.5 Å². The van der Waals surface area contributed by atoms with Gasteiger partial charge in [0.15, 0.2) is 5.82 Å². The van der Waals surface area contributed by atoms with Gasteiger partial charge in [-0.05, 0) is 42.3 Å². The summed E-state index contributed by atoms with van der Waals surface area (Å²) in [5.41, 5.74) is 3.93. The largest absolute Gasteiger partial charge is 0.326 e. The molecule has 0 aliphatic carbocycles. The molecule has 7 heteroatoms. The Labute approximate surface area is 162 Å². The second-order valence-electron chi connectivity index (χ2n) is 6.50. The van der Waals surface area contributed by atoms with Crippen LogP contribution in [0.1, 0.15) is 23.0 Å². The standard InChI is InChI=1S/C21H19N5O2/c1-14(27)24-16-6-8-17(9-7-16)25-21(28)18-12-23-20(13-22-18)26-11-10-15-4-2-3-5-19(15)26/h2-9,12-13H,10-11H2,1H3,(H,24,27)(H,25,28). The van der Waals surface area contributed by atoms with Crippen molar-refractivity contribution in [1.82, 2.24) is 9.97 Å². The molecule has 4 rings (SSSR count). The number of nitrogens with one attached hydrogen (secondary N) is 2. The van der Waals surface area contributed by atoms with Crippen molar-refractivity contribution in [3.8, 4) is 0 Å². The molecule has 0 spiro atoms. The van der Waals surface area contributed by atoms with Gasteiger partial charge in [0.05, 0.1) is 12.4 Å². The zero-order chi connectivity index (χ0) is 19.5. The van der Waals surface area contributed by atoms with Crippen molar-refractivity contribution in [3.63, 3.8) is 0 Å². The van der Waals surface area contributed by atoms with E-state index in [9.17, 15) is 9.59 Å². The van der Waals surface area contributed by atoms with Crippen molar-refractivity contribution in [3.05, 3.63) is 72.2 Å². The van der Waals surface area contributed by atoms with Crippen LogP contribution in [0.2, 0.25) is 0 Å². The summed E-state index contributed by atoms with van der Waals surface area (Å²) in [5.74, 6) is 0.238. The molecule has 1 aromatic heterocycles. The maximum Gasteiger partial charge on any atom is 0.275 e. The van der Waals surface area contributed by atoms with E-state index in [1.165, 1.54) is 18.7 Å². The Kier molecular flexibility index (Phi) is 4.72. The Balaban J connectivity index is 1.44. The summed E-state index contributed by atoms with van der Waals surface area (Å²) >= 11 is 0. The Hall–Kier alpha value is -3.74. The van der Waals surface area contributed by atoms with E-state index >= 15 is 0 Å². The van der Waals surface area contributed by atoms with Crippen LogP contribution in [0.5, 0.6) is 0 Å². The minimum Gasteiger partial charge on any atom is -0.326 e. The third-order valence-electron chi connectivity index (χ3n) is 4.50. The number of anilines is 4. The van der Waals surface area contributed by atoms with Gasteiger partial charge in [0.2, 0.25) is 5.91 Å². The molecule has 28 heavy (non-hydrogen) atoms. The van der Waals surface area contributed by atoms with Gasteiger partial charge in [-0.2, -0.15) is 0 Å². The lowest BCUT2D eigenvalue weighted by Gasteiger charge is -2.17. The summed E-state index contributed by atoms with van der Waals surface area (Å²) in [7, 11) is 0. The van der Waals surface area contributed by atoms with Crippen LogP contribution in [0, 0.1) is 0 Å². The molecule has 3 aromatic rings.